The smallest absolute Gasteiger partial charge is 0.130 e. The first kappa shape index (κ1) is 34.8. The Balaban J connectivity index is 0.986. The normalized spacial score (nSPS) is 12.0. The molecule has 1 aliphatic heterocycles. The molecular weight excluding hydrogens is 707 g/mol. The van der Waals surface area contributed by atoms with E-state index in [4.69, 9.17) is 9.72 Å². The summed E-state index contributed by atoms with van der Waals surface area (Å²) in [6.07, 6.45) is 1.88. The lowest BCUT2D eigenvalue weighted by Crippen LogP contribution is -2.23. The van der Waals surface area contributed by atoms with E-state index < -0.39 is 0 Å². The lowest BCUT2D eigenvalue weighted by atomic mass is 9.99. The van der Waals surface area contributed by atoms with E-state index >= 15 is 0 Å². The minimum Gasteiger partial charge on any atom is -0.457 e. The first-order valence-corrected chi connectivity index (χ1v) is 19.6. The first-order chi connectivity index (χ1) is 28.7. The van der Waals surface area contributed by atoms with Crippen LogP contribution in [0.2, 0.25) is 0 Å². The van der Waals surface area contributed by atoms with Gasteiger partial charge in [0.15, 0.2) is 0 Å². The molecule has 0 fully saturated rings. The van der Waals surface area contributed by atoms with Crippen molar-refractivity contribution in [3.8, 4) is 67.3 Å². The van der Waals surface area contributed by atoms with E-state index in [1.54, 1.807) is 0 Å². The van der Waals surface area contributed by atoms with Crippen molar-refractivity contribution in [2.75, 3.05) is 16.5 Å². The molecule has 0 unspecified atom stereocenters. The monoisotopic (exact) mass is 745 g/mol. The van der Waals surface area contributed by atoms with E-state index in [1.807, 2.05) is 24.4 Å². The minimum absolute atomic E-state index is 0.672. The summed E-state index contributed by atoms with van der Waals surface area (Å²) in [5.74, 6) is 1.50. The fraction of sp³-hybridized carbons (Fsp3) is 0.0185. The predicted molar refractivity (Wildman–Crippen MR) is 240 cm³/mol. The fourth-order valence-corrected chi connectivity index (χ4v) is 7.82. The number of benzene rings is 8. The molecule has 0 aliphatic carbocycles. The van der Waals surface area contributed by atoms with Crippen molar-refractivity contribution in [2.45, 2.75) is 0 Å². The van der Waals surface area contributed by atoms with Crippen LogP contribution in [0.1, 0.15) is 0 Å². The molecule has 276 valence electrons. The maximum atomic E-state index is 6.80. The third kappa shape index (κ3) is 7.11. The second kappa shape index (κ2) is 15.4. The van der Waals surface area contributed by atoms with Gasteiger partial charge in [-0.2, -0.15) is 0 Å². The van der Waals surface area contributed by atoms with Crippen molar-refractivity contribution in [1.82, 2.24) is 4.98 Å². The fourth-order valence-electron chi connectivity index (χ4n) is 7.82. The maximum absolute atomic E-state index is 6.80. The number of ether oxygens (including phenoxy) is 1. The van der Waals surface area contributed by atoms with Gasteiger partial charge in [0.2, 0.25) is 0 Å². The third-order valence-corrected chi connectivity index (χ3v) is 10.8. The van der Waals surface area contributed by atoms with Gasteiger partial charge in [-0.1, -0.05) is 152 Å². The van der Waals surface area contributed by atoms with E-state index in [9.17, 15) is 0 Å². The molecule has 0 atom stereocenters. The summed E-state index contributed by atoms with van der Waals surface area (Å²) >= 11 is 0. The number of pyridine rings is 1. The van der Waals surface area contributed by atoms with Crippen LogP contribution < -0.4 is 14.5 Å². The quantitative estimate of drug-likeness (QED) is 0.147. The van der Waals surface area contributed by atoms with E-state index in [0.29, 0.717) is 6.67 Å². The zero-order chi connectivity index (χ0) is 38.7. The number of fused-ring (bicyclic) bond motifs is 1. The van der Waals surface area contributed by atoms with E-state index in [0.717, 1.165) is 62.1 Å². The number of hydrogen-bond donors (Lipinski definition) is 0. The highest BCUT2D eigenvalue weighted by Crippen LogP contribution is 2.46. The summed E-state index contributed by atoms with van der Waals surface area (Å²) < 4.78 is 6.80. The molecule has 8 aromatic carbocycles. The highest BCUT2D eigenvalue weighted by molar-refractivity contribution is 5.88. The van der Waals surface area contributed by atoms with Crippen LogP contribution in [0, 0.1) is 0 Å². The van der Waals surface area contributed by atoms with Crippen LogP contribution in [0.4, 0.5) is 22.7 Å². The average molecular weight is 746 g/mol. The van der Waals surface area contributed by atoms with Gasteiger partial charge in [-0.25, -0.2) is 0 Å². The molecule has 0 saturated carbocycles. The van der Waals surface area contributed by atoms with Gasteiger partial charge < -0.3 is 14.5 Å². The number of rotatable bonds is 9. The Kier molecular flexibility index (Phi) is 9.26. The molecule has 0 spiro atoms. The van der Waals surface area contributed by atoms with Crippen molar-refractivity contribution in [2.24, 2.45) is 0 Å². The number of aromatic nitrogens is 1. The Labute approximate surface area is 339 Å². The standard InChI is InChI=1S/C54H39N3O/c1-4-13-39(14-5-1)41-23-27-43(28-24-41)45-31-32-55-52(36-45)46-17-12-20-50(34-46)58-51-35-47(44-29-25-42(26-30-44)40-15-6-2-7-16-40)33-49(37-51)57-38-56(48-18-8-3-9-19-48)53-21-10-11-22-54(53)57/h1-37H,38H2. The van der Waals surface area contributed by atoms with E-state index in [2.05, 4.69) is 210 Å². The summed E-state index contributed by atoms with van der Waals surface area (Å²) in [6, 6.07) is 76.7. The summed E-state index contributed by atoms with van der Waals surface area (Å²) in [4.78, 5) is 9.51. The van der Waals surface area contributed by atoms with E-state index in [1.165, 1.54) is 27.9 Å². The van der Waals surface area contributed by atoms with Crippen LogP contribution in [0.5, 0.6) is 11.5 Å². The molecule has 4 heteroatoms. The summed E-state index contributed by atoms with van der Waals surface area (Å²) in [5, 5.41) is 0. The Bertz CT molecular complexity index is 2820. The van der Waals surface area contributed by atoms with Crippen molar-refractivity contribution in [3.05, 3.63) is 225 Å². The Hall–Kier alpha value is -7.69. The van der Waals surface area contributed by atoms with E-state index in [-0.39, 0.29) is 0 Å². The lowest BCUT2D eigenvalue weighted by Gasteiger charge is -2.23. The molecule has 4 nitrogen and oxygen atoms in total. The molecule has 0 radical (unpaired) electrons. The largest absolute Gasteiger partial charge is 0.457 e. The summed E-state index contributed by atoms with van der Waals surface area (Å²) in [5.41, 5.74) is 15.6. The van der Waals surface area contributed by atoms with Gasteiger partial charge in [0.05, 0.1) is 17.1 Å². The SMILES string of the molecule is c1ccc(-c2ccc(-c3cc(Oc4cccc(-c5cc(-c6ccc(-c7ccccc7)cc6)ccn5)c4)cc(N4CN(c5ccccc5)c5ccccc54)c3)cc2)cc1. The third-order valence-electron chi connectivity index (χ3n) is 10.8. The van der Waals surface area contributed by atoms with Crippen LogP contribution in [-0.2, 0) is 0 Å². The van der Waals surface area contributed by atoms with Gasteiger partial charge in [-0.15, -0.1) is 0 Å². The van der Waals surface area contributed by atoms with Gasteiger partial charge in [0.1, 0.15) is 18.2 Å². The molecule has 1 aromatic heterocycles. The molecule has 0 bridgehead atoms. The molecule has 58 heavy (non-hydrogen) atoms. The zero-order valence-corrected chi connectivity index (χ0v) is 31.8. The highest BCUT2D eigenvalue weighted by atomic mass is 16.5. The number of hydrogen-bond acceptors (Lipinski definition) is 4. The van der Waals surface area contributed by atoms with Gasteiger partial charge in [0.25, 0.3) is 0 Å². The molecule has 0 saturated heterocycles. The summed E-state index contributed by atoms with van der Waals surface area (Å²) in [6.45, 7) is 0.672. The van der Waals surface area contributed by atoms with Crippen LogP contribution in [0.25, 0.3) is 55.8 Å². The van der Waals surface area contributed by atoms with Gasteiger partial charge >= 0.3 is 0 Å². The van der Waals surface area contributed by atoms with Crippen LogP contribution in [-0.4, -0.2) is 11.7 Å². The first-order valence-electron chi connectivity index (χ1n) is 19.6. The predicted octanol–water partition coefficient (Wildman–Crippen LogP) is 14.5. The molecule has 9 aromatic rings. The molecule has 2 heterocycles. The number of anilines is 4. The van der Waals surface area contributed by atoms with Crippen molar-refractivity contribution in [3.63, 3.8) is 0 Å². The zero-order valence-electron chi connectivity index (χ0n) is 31.8. The minimum atomic E-state index is 0.672. The second-order valence-electron chi connectivity index (χ2n) is 14.5. The van der Waals surface area contributed by atoms with Crippen molar-refractivity contribution in [1.29, 1.82) is 0 Å². The molecular formula is C54H39N3O. The molecule has 10 rings (SSSR count). The average Bonchev–Trinajstić information content (AvgIpc) is 3.70. The Morgan fingerprint density at radius 3 is 1.43 bits per heavy atom. The number of nitrogens with zero attached hydrogens (tertiary/aromatic N) is 3. The van der Waals surface area contributed by atoms with Gasteiger partial charge in [-0.05, 0) is 105 Å². The van der Waals surface area contributed by atoms with Crippen LogP contribution in [0.15, 0.2) is 225 Å². The van der Waals surface area contributed by atoms with Crippen LogP contribution in [0.3, 0.4) is 0 Å². The molecule has 0 amide bonds. The van der Waals surface area contributed by atoms with Crippen LogP contribution >= 0.6 is 0 Å². The highest BCUT2D eigenvalue weighted by Gasteiger charge is 2.28. The second-order valence-corrected chi connectivity index (χ2v) is 14.5. The Morgan fingerprint density at radius 1 is 0.328 bits per heavy atom. The van der Waals surface area contributed by atoms with Gasteiger partial charge in [-0.3, -0.25) is 4.98 Å². The Morgan fingerprint density at radius 2 is 0.810 bits per heavy atom. The molecule has 1 aliphatic rings. The summed E-state index contributed by atoms with van der Waals surface area (Å²) in [7, 11) is 0. The van der Waals surface area contributed by atoms with Crippen molar-refractivity contribution >= 4 is 22.7 Å². The van der Waals surface area contributed by atoms with Crippen molar-refractivity contribution < 1.29 is 4.74 Å². The van der Waals surface area contributed by atoms with Gasteiger partial charge in [0, 0.05) is 29.2 Å². The molecule has 0 N–H and O–H groups in total. The topological polar surface area (TPSA) is 28.6 Å². The lowest BCUT2D eigenvalue weighted by molar-refractivity contribution is 0.483. The number of para-hydroxylation sites is 3. The maximum Gasteiger partial charge on any atom is 0.130 e.